The third-order valence-corrected chi connectivity index (χ3v) is 5.04. The van der Waals surface area contributed by atoms with E-state index in [1.807, 2.05) is 0 Å². The maximum absolute atomic E-state index is 11.8. The van der Waals surface area contributed by atoms with E-state index in [9.17, 15) is 14.4 Å². The first-order chi connectivity index (χ1) is 7.93. The lowest BCUT2D eigenvalue weighted by atomic mass is 10.2. The predicted octanol–water partition coefficient (Wildman–Crippen LogP) is 3.30. The van der Waals surface area contributed by atoms with Gasteiger partial charge in [-0.3, -0.25) is 9.79 Å². The molecule has 104 valence electrons. The molecule has 5 heteroatoms. The molecule has 17 heavy (non-hydrogen) atoms. The first-order valence-electron chi connectivity index (χ1n) is 6.85. The van der Waals surface area contributed by atoms with E-state index in [1.165, 1.54) is 0 Å². The fourth-order valence-electron chi connectivity index (χ4n) is 2.08. The Morgan fingerprint density at radius 3 is 1.29 bits per heavy atom. The summed E-state index contributed by atoms with van der Waals surface area (Å²) >= 11 is 0. The second-order valence-corrected chi connectivity index (χ2v) is 6.71. The van der Waals surface area contributed by atoms with Gasteiger partial charge in [-0.1, -0.05) is 40.0 Å². The van der Waals surface area contributed by atoms with Gasteiger partial charge in [-0.05, 0) is 19.3 Å². The van der Waals surface area contributed by atoms with E-state index in [0.29, 0.717) is 19.6 Å². The minimum absolute atomic E-state index is 0.00250. The van der Waals surface area contributed by atoms with Gasteiger partial charge in [0.1, 0.15) is 0 Å². The smallest absolute Gasteiger partial charge is 0.279 e. The van der Waals surface area contributed by atoms with Crippen molar-refractivity contribution < 1.29 is 18.6 Å². The zero-order chi connectivity index (χ0) is 13.4. The SMILES string of the molecule is CCCC[N+](CCCC)(CCCC)P(=O)(O)O. The predicted molar refractivity (Wildman–Crippen MR) is 71.6 cm³/mol. The second-order valence-electron chi connectivity index (χ2n) is 4.84. The van der Waals surface area contributed by atoms with Gasteiger partial charge in [-0.25, -0.2) is 8.82 Å². The van der Waals surface area contributed by atoms with Crippen LogP contribution in [0.1, 0.15) is 59.3 Å². The van der Waals surface area contributed by atoms with Crippen molar-refractivity contribution in [1.82, 2.24) is 0 Å². The highest BCUT2D eigenvalue weighted by molar-refractivity contribution is 7.45. The van der Waals surface area contributed by atoms with E-state index in [2.05, 4.69) is 20.8 Å². The van der Waals surface area contributed by atoms with Crippen LogP contribution in [-0.4, -0.2) is 33.7 Å². The first-order valence-corrected chi connectivity index (χ1v) is 8.42. The molecule has 0 saturated carbocycles. The van der Waals surface area contributed by atoms with Crippen LogP contribution in [-0.2, 0) is 4.57 Å². The Kier molecular flexibility index (Phi) is 8.31. The van der Waals surface area contributed by atoms with Gasteiger partial charge in [0.2, 0.25) is 0 Å². The normalized spacial score (nSPS) is 13.0. The third kappa shape index (κ3) is 5.52. The Morgan fingerprint density at radius 2 is 1.12 bits per heavy atom. The van der Waals surface area contributed by atoms with Gasteiger partial charge < -0.3 is 0 Å². The number of hydrogen-bond acceptors (Lipinski definition) is 1. The Labute approximate surface area is 106 Å². The van der Waals surface area contributed by atoms with Crippen molar-refractivity contribution in [2.24, 2.45) is 0 Å². The van der Waals surface area contributed by atoms with Gasteiger partial charge in [-0.15, -0.1) is 0 Å². The molecule has 0 aromatic heterocycles. The van der Waals surface area contributed by atoms with Crippen LogP contribution in [0.2, 0.25) is 0 Å². The summed E-state index contributed by atoms with van der Waals surface area (Å²) in [5, 5.41) is 0. The number of unbranched alkanes of at least 4 members (excludes halogenated alkanes) is 3. The van der Waals surface area contributed by atoms with E-state index in [4.69, 9.17) is 0 Å². The summed E-state index contributed by atoms with van der Waals surface area (Å²) in [6, 6.07) is 0. The van der Waals surface area contributed by atoms with Gasteiger partial charge in [-0.2, -0.15) is 0 Å². The standard InChI is InChI=1S/C12H28NO3P/c1-4-7-10-13(11-8-5-2,12-9-6-3)17(14,15)16/h4-12H2,1-3H3,(H-,14,15,16)/p+1. The van der Waals surface area contributed by atoms with E-state index in [0.717, 1.165) is 38.5 Å². The molecule has 4 nitrogen and oxygen atoms in total. The molecule has 2 N–H and O–H groups in total. The Morgan fingerprint density at radius 1 is 0.824 bits per heavy atom. The molecule has 0 aromatic carbocycles. The molecule has 0 aliphatic rings. The fourth-order valence-corrected chi connectivity index (χ4v) is 3.29. The van der Waals surface area contributed by atoms with Crippen LogP contribution >= 0.6 is 7.75 Å². The zero-order valence-corrected chi connectivity index (χ0v) is 12.5. The minimum Gasteiger partial charge on any atom is -0.279 e. The van der Waals surface area contributed by atoms with Crippen LogP contribution < -0.4 is 0 Å². The first kappa shape index (κ1) is 17.1. The minimum atomic E-state index is -4.06. The summed E-state index contributed by atoms with van der Waals surface area (Å²) < 4.78 is 11.8. The van der Waals surface area contributed by atoms with E-state index >= 15 is 0 Å². The van der Waals surface area contributed by atoms with Crippen molar-refractivity contribution in [3.8, 4) is 0 Å². The van der Waals surface area contributed by atoms with Crippen LogP contribution in [0.15, 0.2) is 0 Å². The van der Waals surface area contributed by atoms with Crippen molar-refractivity contribution in [2.45, 2.75) is 59.3 Å². The van der Waals surface area contributed by atoms with Crippen molar-refractivity contribution in [3.05, 3.63) is 0 Å². The summed E-state index contributed by atoms with van der Waals surface area (Å²) in [6.45, 7) is 8.03. The quantitative estimate of drug-likeness (QED) is 0.596. The topological polar surface area (TPSA) is 57.5 Å². The van der Waals surface area contributed by atoms with Crippen LogP contribution in [0, 0.1) is 0 Å². The maximum atomic E-state index is 11.8. The van der Waals surface area contributed by atoms with Crippen LogP contribution in [0.25, 0.3) is 0 Å². The third-order valence-electron chi connectivity index (χ3n) is 3.34. The molecule has 0 rings (SSSR count). The van der Waals surface area contributed by atoms with Gasteiger partial charge in [0.25, 0.3) is 0 Å². The van der Waals surface area contributed by atoms with Gasteiger partial charge in [0, 0.05) is 0 Å². The largest absolute Gasteiger partial charge is 0.526 e. The van der Waals surface area contributed by atoms with Crippen molar-refractivity contribution in [2.75, 3.05) is 19.6 Å². The van der Waals surface area contributed by atoms with Gasteiger partial charge in [0.15, 0.2) is 0 Å². The Hall–Kier alpha value is 0.110. The van der Waals surface area contributed by atoms with Crippen LogP contribution in [0.3, 0.4) is 0 Å². The van der Waals surface area contributed by atoms with Crippen molar-refractivity contribution >= 4 is 7.75 Å². The average molecular weight is 266 g/mol. The highest BCUT2D eigenvalue weighted by Gasteiger charge is 2.44. The lowest BCUT2D eigenvalue weighted by molar-refractivity contribution is -0.824. The van der Waals surface area contributed by atoms with Crippen LogP contribution in [0.5, 0.6) is 0 Å². The molecule has 0 aliphatic carbocycles. The van der Waals surface area contributed by atoms with Crippen molar-refractivity contribution in [1.29, 1.82) is 0 Å². The molecule has 0 aliphatic heterocycles. The zero-order valence-electron chi connectivity index (χ0n) is 11.6. The highest BCUT2D eigenvalue weighted by atomic mass is 31.2. The molecule has 0 amide bonds. The number of rotatable bonds is 10. The number of nitrogens with zero attached hydrogens (tertiary/aromatic N) is 1. The summed E-state index contributed by atoms with van der Waals surface area (Å²) in [6.07, 6.45) is 5.62. The summed E-state index contributed by atoms with van der Waals surface area (Å²) in [7, 11) is -4.06. The van der Waals surface area contributed by atoms with E-state index in [-0.39, 0.29) is 4.25 Å². The van der Waals surface area contributed by atoms with Crippen LogP contribution in [0.4, 0.5) is 0 Å². The molecule has 0 radical (unpaired) electrons. The molecule has 0 aromatic rings. The molecule has 0 heterocycles. The molecule has 0 spiro atoms. The molecule has 0 atom stereocenters. The number of hydrogen-bond donors (Lipinski definition) is 2. The second kappa shape index (κ2) is 8.25. The molecule has 0 fully saturated rings. The van der Waals surface area contributed by atoms with Gasteiger partial charge >= 0.3 is 7.75 Å². The molecule has 0 saturated heterocycles. The fraction of sp³-hybridized carbons (Fsp3) is 1.00. The molecular weight excluding hydrogens is 237 g/mol. The Bertz CT molecular complexity index is 218. The average Bonchev–Trinajstić information content (AvgIpc) is 2.27. The monoisotopic (exact) mass is 266 g/mol. The van der Waals surface area contributed by atoms with E-state index < -0.39 is 7.75 Å². The van der Waals surface area contributed by atoms with Crippen molar-refractivity contribution in [3.63, 3.8) is 0 Å². The van der Waals surface area contributed by atoms with Gasteiger partial charge in [0.05, 0.1) is 19.6 Å². The molecular formula is C12H29NO3P+. The summed E-state index contributed by atoms with van der Waals surface area (Å²) in [5.41, 5.74) is 0. The molecule has 0 bridgehead atoms. The maximum Gasteiger partial charge on any atom is 0.526 e. The highest BCUT2D eigenvalue weighted by Crippen LogP contribution is 2.49. The Balaban J connectivity index is 4.85. The number of quaternary nitrogens is 1. The summed E-state index contributed by atoms with van der Waals surface area (Å²) in [4.78, 5) is 19.4. The lowest BCUT2D eigenvalue weighted by Crippen LogP contribution is -2.46. The lowest BCUT2D eigenvalue weighted by Gasteiger charge is -2.38. The molecule has 0 unspecified atom stereocenters. The summed E-state index contributed by atoms with van der Waals surface area (Å²) in [5.74, 6) is 0. The van der Waals surface area contributed by atoms with E-state index in [1.54, 1.807) is 0 Å².